The lowest BCUT2D eigenvalue weighted by Gasteiger charge is -2.29. The van der Waals surface area contributed by atoms with E-state index in [-0.39, 0.29) is 23.1 Å². The Morgan fingerprint density at radius 1 is 1.26 bits per heavy atom. The summed E-state index contributed by atoms with van der Waals surface area (Å²) >= 11 is 0. The number of benzene rings is 1. The normalized spacial score (nSPS) is 12.9. The zero-order valence-corrected chi connectivity index (χ0v) is 17.6. The molecule has 1 aromatic carbocycles. The monoisotopic (exact) mass is 425 g/mol. The van der Waals surface area contributed by atoms with Gasteiger partial charge in [-0.05, 0) is 37.1 Å². The van der Waals surface area contributed by atoms with E-state index in [1.807, 2.05) is 45.2 Å². The number of amides is 1. The highest BCUT2D eigenvalue weighted by Crippen LogP contribution is 2.27. The van der Waals surface area contributed by atoms with Crippen LogP contribution in [0.25, 0.3) is 10.9 Å². The number of hydrogen-bond donors (Lipinski definition) is 4. The second-order valence-electron chi connectivity index (χ2n) is 7.65. The van der Waals surface area contributed by atoms with Crippen molar-refractivity contribution in [3.05, 3.63) is 41.8 Å². The minimum atomic E-state index is -1.17. The average Bonchev–Trinajstić information content (AvgIpc) is 3.07. The first kappa shape index (κ1) is 21.8. The number of aryl methyl sites for hydroxylation is 1. The summed E-state index contributed by atoms with van der Waals surface area (Å²) in [7, 11) is 1.84. The molecule has 162 valence electrons. The number of nitriles is 1. The van der Waals surface area contributed by atoms with Crippen molar-refractivity contribution >= 4 is 34.3 Å². The third kappa shape index (κ3) is 4.83. The van der Waals surface area contributed by atoms with E-state index in [4.69, 9.17) is 5.11 Å². The molecular formula is C21H24FN7O2. The summed E-state index contributed by atoms with van der Waals surface area (Å²) in [6.45, 7) is 5.47. The van der Waals surface area contributed by atoms with Crippen LogP contribution in [0.4, 0.5) is 26.5 Å². The third-order valence-electron chi connectivity index (χ3n) is 5.02. The zero-order chi connectivity index (χ0) is 22.7. The van der Waals surface area contributed by atoms with Crippen molar-refractivity contribution in [1.82, 2.24) is 20.1 Å². The van der Waals surface area contributed by atoms with Crippen LogP contribution >= 0.6 is 0 Å². The number of fused-ring (bicyclic) bond motifs is 1. The van der Waals surface area contributed by atoms with Gasteiger partial charge in [0.05, 0.1) is 17.3 Å². The average molecular weight is 425 g/mol. The van der Waals surface area contributed by atoms with E-state index in [1.165, 1.54) is 0 Å². The largest absolute Gasteiger partial charge is 0.465 e. The number of nitrogens with zero attached hydrogens (tertiary/aromatic N) is 4. The van der Waals surface area contributed by atoms with Crippen LogP contribution in [0, 0.1) is 23.1 Å². The molecule has 9 nitrogen and oxygen atoms in total. The van der Waals surface area contributed by atoms with E-state index in [0.29, 0.717) is 5.69 Å². The summed E-state index contributed by atoms with van der Waals surface area (Å²) in [6.07, 6.45) is 0.558. The fourth-order valence-electron chi connectivity index (χ4n) is 3.46. The fraction of sp³-hybridized carbons (Fsp3) is 0.333. The Hall–Kier alpha value is -3.87. The highest BCUT2D eigenvalue weighted by Gasteiger charge is 2.24. The molecule has 2 aromatic heterocycles. The molecule has 2 heterocycles. The maximum atomic E-state index is 14.7. The highest BCUT2D eigenvalue weighted by atomic mass is 19.1. The van der Waals surface area contributed by atoms with Gasteiger partial charge in [0.15, 0.2) is 17.5 Å². The van der Waals surface area contributed by atoms with E-state index in [2.05, 4.69) is 26.0 Å². The lowest BCUT2D eigenvalue weighted by atomic mass is 9.97. The van der Waals surface area contributed by atoms with Gasteiger partial charge in [-0.2, -0.15) is 10.4 Å². The number of aromatic nitrogens is 3. The van der Waals surface area contributed by atoms with E-state index >= 15 is 0 Å². The van der Waals surface area contributed by atoms with Crippen molar-refractivity contribution in [2.24, 2.45) is 13.0 Å². The Morgan fingerprint density at radius 3 is 2.65 bits per heavy atom. The van der Waals surface area contributed by atoms with Crippen LogP contribution in [-0.2, 0) is 7.05 Å². The minimum absolute atomic E-state index is 0.0249. The number of anilines is 3. The molecule has 2 atom stereocenters. The Kier molecular flexibility index (Phi) is 6.25. The topological polar surface area (TPSA) is 128 Å². The predicted octanol–water partition coefficient (Wildman–Crippen LogP) is 3.82. The van der Waals surface area contributed by atoms with Gasteiger partial charge < -0.3 is 21.1 Å². The summed E-state index contributed by atoms with van der Waals surface area (Å²) in [6, 6.07) is 7.69. The number of halogens is 1. The first-order valence-electron chi connectivity index (χ1n) is 9.75. The van der Waals surface area contributed by atoms with Crippen molar-refractivity contribution in [1.29, 1.82) is 5.26 Å². The molecule has 0 aliphatic carbocycles. The summed E-state index contributed by atoms with van der Waals surface area (Å²) in [5.41, 5.74) is 1.66. The predicted molar refractivity (Wildman–Crippen MR) is 116 cm³/mol. The molecular weight excluding hydrogens is 401 g/mol. The molecule has 10 heteroatoms. The molecule has 0 radical (unpaired) electrons. The third-order valence-corrected chi connectivity index (χ3v) is 5.02. The maximum absolute atomic E-state index is 14.7. The van der Waals surface area contributed by atoms with Gasteiger partial charge in [-0.15, -0.1) is 0 Å². The Labute approximate surface area is 178 Å². The minimum Gasteiger partial charge on any atom is -0.465 e. The molecule has 0 bridgehead atoms. The smallest absolute Gasteiger partial charge is 0.404 e. The van der Waals surface area contributed by atoms with Crippen LogP contribution < -0.4 is 16.0 Å². The number of carboxylic acid groups (broad SMARTS) is 1. The molecule has 0 aliphatic heterocycles. The molecule has 0 saturated heterocycles. The SMILES string of the molecule is CC(C)[C@H](Nc1nc(Nc2ccc3c(cnn3C)c2)c(C#N)cc1F)[C@H](C)NC(=O)O. The lowest BCUT2D eigenvalue weighted by Crippen LogP contribution is -2.47. The van der Waals surface area contributed by atoms with Crippen molar-refractivity contribution in [3.8, 4) is 6.07 Å². The summed E-state index contributed by atoms with van der Waals surface area (Å²) in [4.78, 5) is 15.3. The van der Waals surface area contributed by atoms with Gasteiger partial charge in [0, 0.05) is 30.2 Å². The fourth-order valence-corrected chi connectivity index (χ4v) is 3.46. The van der Waals surface area contributed by atoms with Crippen molar-refractivity contribution in [2.75, 3.05) is 10.6 Å². The second kappa shape index (κ2) is 8.87. The lowest BCUT2D eigenvalue weighted by molar-refractivity contribution is 0.188. The molecule has 31 heavy (non-hydrogen) atoms. The van der Waals surface area contributed by atoms with E-state index in [9.17, 15) is 14.4 Å². The first-order chi connectivity index (χ1) is 14.7. The van der Waals surface area contributed by atoms with Crippen molar-refractivity contribution in [3.63, 3.8) is 0 Å². The molecule has 4 N–H and O–H groups in total. The molecule has 0 saturated carbocycles. The number of rotatable bonds is 7. The molecule has 0 fully saturated rings. The molecule has 3 rings (SSSR count). The van der Waals surface area contributed by atoms with Gasteiger partial charge >= 0.3 is 6.09 Å². The van der Waals surface area contributed by atoms with Crippen LogP contribution in [-0.4, -0.2) is 38.0 Å². The summed E-state index contributed by atoms with van der Waals surface area (Å²) in [5, 5.41) is 32.0. The number of nitrogens with one attached hydrogen (secondary N) is 3. The van der Waals surface area contributed by atoms with Gasteiger partial charge in [-0.1, -0.05) is 13.8 Å². The second-order valence-corrected chi connectivity index (χ2v) is 7.65. The van der Waals surface area contributed by atoms with Gasteiger partial charge in [-0.3, -0.25) is 4.68 Å². The first-order valence-corrected chi connectivity index (χ1v) is 9.75. The van der Waals surface area contributed by atoms with E-state index in [0.717, 1.165) is 17.0 Å². The van der Waals surface area contributed by atoms with Crippen LogP contribution in [0.1, 0.15) is 26.3 Å². The van der Waals surface area contributed by atoms with Crippen molar-refractivity contribution in [2.45, 2.75) is 32.9 Å². The Bertz CT molecular complexity index is 1150. The number of carbonyl (C=O) groups is 1. The van der Waals surface area contributed by atoms with E-state index < -0.39 is 24.0 Å². The quantitative estimate of drug-likeness (QED) is 0.453. The van der Waals surface area contributed by atoms with Crippen LogP contribution in [0.3, 0.4) is 0 Å². The van der Waals surface area contributed by atoms with Crippen LogP contribution in [0.15, 0.2) is 30.5 Å². The Morgan fingerprint density at radius 2 is 2.00 bits per heavy atom. The maximum Gasteiger partial charge on any atom is 0.404 e. The molecule has 0 spiro atoms. The standard InChI is InChI=1S/C21H24FN7O2/c1-11(2)18(12(3)25-21(30)31)27-20-16(22)8-13(9-23)19(28-20)26-15-5-6-17-14(7-15)10-24-29(17)4/h5-8,10-12,18,25H,1-4H3,(H,30,31)(H2,26,27,28)/t12-,18-/m0/s1. The van der Waals surface area contributed by atoms with Gasteiger partial charge in [0.1, 0.15) is 6.07 Å². The molecule has 0 unspecified atom stereocenters. The summed E-state index contributed by atoms with van der Waals surface area (Å²) < 4.78 is 16.4. The van der Waals surface area contributed by atoms with Gasteiger partial charge in [0.25, 0.3) is 0 Å². The van der Waals surface area contributed by atoms with Crippen LogP contribution in [0.2, 0.25) is 0 Å². The van der Waals surface area contributed by atoms with Crippen LogP contribution in [0.5, 0.6) is 0 Å². The highest BCUT2D eigenvalue weighted by molar-refractivity contribution is 5.83. The summed E-state index contributed by atoms with van der Waals surface area (Å²) in [5.74, 6) is -0.598. The van der Waals surface area contributed by atoms with Crippen molar-refractivity contribution < 1.29 is 14.3 Å². The van der Waals surface area contributed by atoms with Gasteiger partial charge in [-0.25, -0.2) is 14.2 Å². The molecule has 1 amide bonds. The zero-order valence-electron chi connectivity index (χ0n) is 17.6. The van der Waals surface area contributed by atoms with E-state index in [1.54, 1.807) is 17.8 Å². The number of hydrogen-bond acceptors (Lipinski definition) is 6. The number of pyridine rings is 1. The molecule has 0 aliphatic rings. The molecule has 3 aromatic rings. The van der Waals surface area contributed by atoms with Gasteiger partial charge in [0.2, 0.25) is 0 Å². The Balaban J connectivity index is 1.92.